The Morgan fingerprint density at radius 2 is 1.53 bits per heavy atom. The van der Waals surface area contributed by atoms with Crippen LogP contribution in [0.2, 0.25) is 5.02 Å². The van der Waals surface area contributed by atoms with Gasteiger partial charge in [0.2, 0.25) is 0 Å². The van der Waals surface area contributed by atoms with Crippen molar-refractivity contribution >= 4 is 69.7 Å². The number of anilines is 1. The van der Waals surface area contributed by atoms with Crippen molar-refractivity contribution < 1.29 is 23.7 Å². The van der Waals surface area contributed by atoms with Gasteiger partial charge in [-0.1, -0.05) is 35.9 Å². The van der Waals surface area contributed by atoms with Crippen molar-refractivity contribution in [3.63, 3.8) is 0 Å². The van der Waals surface area contributed by atoms with Crippen LogP contribution in [0.5, 0.6) is 17.2 Å². The molecule has 0 spiro atoms. The van der Waals surface area contributed by atoms with Crippen LogP contribution in [0.4, 0.5) is 5.69 Å². The van der Waals surface area contributed by atoms with E-state index < -0.39 is 11.5 Å². The zero-order chi connectivity index (χ0) is 31.7. The molecular weight excluding hydrogens is 665 g/mol. The number of nitrogens with zero attached hydrogens (tertiary/aromatic N) is 2. The summed E-state index contributed by atoms with van der Waals surface area (Å²) in [6.45, 7) is 0.182. The molecule has 4 aromatic carbocycles. The van der Waals surface area contributed by atoms with E-state index in [-0.39, 0.29) is 42.1 Å². The zero-order valence-electron chi connectivity index (χ0n) is 25.5. The Labute approximate surface area is 287 Å². The lowest BCUT2D eigenvalue weighted by molar-refractivity contribution is 0.0591. The van der Waals surface area contributed by atoms with Crippen molar-refractivity contribution in [2.45, 2.75) is 6.61 Å². The van der Waals surface area contributed by atoms with Gasteiger partial charge in [-0.3, -0.25) is 9.36 Å². The van der Waals surface area contributed by atoms with Gasteiger partial charge in [-0.25, -0.2) is 9.78 Å². The average Bonchev–Trinajstić information content (AvgIpc) is 3.07. The Bertz CT molecular complexity index is 2130. The molecule has 6 aromatic rings. The standard InChI is InChI=1S/C35H28ClN3O6.2ClH/c1-42-29-16-21(17-30(43-2)32(29)36)31-26-15-14-25(45-19-23-11-8-20-6-4-5-7-28(20)38-23)18-27(26)34(40)39(33(31)35(41)44-3)24-12-9-22(37)10-13-24;;/h4-18H,19,37H2,1-3H3;2*1H. The monoisotopic (exact) mass is 693 g/mol. The summed E-state index contributed by atoms with van der Waals surface area (Å²) >= 11 is 6.49. The van der Waals surface area contributed by atoms with Crippen LogP contribution < -0.4 is 25.5 Å². The number of ether oxygens (including phenoxy) is 4. The summed E-state index contributed by atoms with van der Waals surface area (Å²) in [5.41, 5.74) is 8.91. The van der Waals surface area contributed by atoms with Crippen molar-refractivity contribution in [1.82, 2.24) is 9.55 Å². The van der Waals surface area contributed by atoms with Crippen LogP contribution in [-0.4, -0.2) is 36.8 Å². The number of aromatic nitrogens is 2. The second-order valence-electron chi connectivity index (χ2n) is 10.1. The molecule has 0 aliphatic carbocycles. The van der Waals surface area contributed by atoms with E-state index in [0.717, 1.165) is 16.6 Å². The average molecular weight is 695 g/mol. The maximum absolute atomic E-state index is 14.3. The summed E-state index contributed by atoms with van der Waals surface area (Å²) in [6.07, 6.45) is 0. The minimum absolute atomic E-state index is 0. The van der Waals surface area contributed by atoms with Gasteiger partial charge in [0.15, 0.2) is 0 Å². The molecule has 12 heteroatoms. The van der Waals surface area contributed by atoms with Crippen LogP contribution in [0.3, 0.4) is 0 Å². The summed E-state index contributed by atoms with van der Waals surface area (Å²) in [4.78, 5) is 32.5. The molecule has 0 radical (unpaired) electrons. The van der Waals surface area contributed by atoms with Gasteiger partial charge in [-0.05, 0) is 77.7 Å². The Kier molecular flexibility index (Phi) is 10.9. The highest BCUT2D eigenvalue weighted by Crippen LogP contribution is 2.42. The number of esters is 1. The molecule has 6 rings (SSSR count). The number of nitrogen functional groups attached to an aromatic ring is 1. The van der Waals surface area contributed by atoms with Crippen LogP contribution >= 0.6 is 36.4 Å². The highest BCUT2D eigenvalue weighted by molar-refractivity contribution is 6.33. The first kappa shape index (κ1) is 34.9. The van der Waals surface area contributed by atoms with Crippen molar-refractivity contribution in [1.29, 1.82) is 0 Å². The number of benzene rings is 4. The first-order chi connectivity index (χ1) is 21.8. The maximum Gasteiger partial charge on any atom is 0.355 e. The van der Waals surface area contributed by atoms with Crippen LogP contribution in [0, 0.1) is 0 Å². The third-order valence-corrected chi connectivity index (χ3v) is 7.83. The summed E-state index contributed by atoms with van der Waals surface area (Å²) in [7, 11) is 4.22. The van der Waals surface area contributed by atoms with Gasteiger partial charge >= 0.3 is 5.97 Å². The van der Waals surface area contributed by atoms with Gasteiger partial charge in [0.1, 0.15) is 34.6 Å². The maximum atomic E-state index is 14.3. The minimum Gasteiger partial charge on any atom is -0.495 e. The van der Waals surface area contributed by atoms with E-state index in [1.807, 2.05) is 36.4 Å². The molecule has 0 saturated heterocycles. The van der Waals surface area contributed by atoms with Gasteiger partial charge in [0.05, 0.1) is 37.9 Å². The number of hydrogen-bond acceptors (Lipinski definition) is 8. The first-order valence-corrected chi connectivity index (χ1v) is 14.3. The molecule has 0 unspecified atom stereocenters. The molecule has 2 aromatic heterocycles. The second-order valence-corrected chi connectivity index (χ2v) is 10.5. The molecule has 9 nitrogen and oxygen atoms in total. The second kappa shape index (κ2) is 14.6. The van der Waals surface area contributed by atoms with Crippen molar-refractivity contribution in [3.05, 3.63) is 118 Å². The van der Waals surface area contributed by atoms with E-state index in [9.17, 15) is 9.59 Å². The summed E-state index contributed by atoms with van der Waals surface area (Å²) < 4.78 is 23.7. The van der Waals surface area contributed by atoms with E-state index >= 15 is 0 Å². The van der Waals surface area contributed by atoms with Gasteiger partial charge < -0.3 is 24.7 Å². The van der Waals surface area contributed by atoms with E-state index in [2.05, 4.69) is 4.98 Å². The Balaban J connectivity index is 0.00000250. The molecule has 242 valence electrons. The predicted octanol–water partition coefficient (Wildman–Crippen LogP) is 7.67. The van der Waals surface area contributed by atoms with Crippen molar-refractivity contribution in [2.75, 3.05) is 27.1 Å². The number of para-hydroxylation sites is 1. The summed E-state index contributed by atoms with van der Waals surface area (Å²) in [5.74, 6) is 0.365. The Morgan fingerprint density at radius 3 is 2.19 bits per heavy atom. The third kappa shape index (κ3) is 6.64. The fourth-order valence-electron chi connectivity index (χ4n) is 5.28. The quantitative estimate of drug-likeness (QED) is 0.128. The van der Waals surface area contributed by atoms with Gasteiger partial charge in [-0.15, -0.1) is 24.8 Å². The number of rotatable bonds is 8. The van der Waals surface area contributed by atoms with Crippen LogP contribution in [0.25, 0.3) is 38.5 Å². The topological polar surface area (TPSA) is 115 Å². The predicted molar refractivity (Wildman–Crippen MR) is 189 cm³/mol. The van der Waals surface area contributed by atoms with E-state index in [1.54, 1.807) is 54.6 Å². The lowest BCUT2D eigenvalue weighted by Crippen LogP contribution is -2.27. The number of halogens is 3. The third-order valence-electron chi connectivity index (χ3n) is 7.46. The number of fused-ring (bicyclic) bond motifs is 2. The highest BCUT2D eigenvalue weighted by atomic mass is 35.5. The molecule has 0 fully saturated rings. The first-order valence-electron chi connectivity index (χ1n) is 13.9. The smallest absolute Gasteiger partial charge is 0.355 e. The van der Waals surface area contributed by atoms with Gasteiger partial charge in [0, 0.05) is 22.3 Å². The number of nitrogens with two attached hydrogens (primary N) is 1. The molecule has 47 heavy (non-hydrogen) atoms. The SMILES string of the molecule is COC(=O)c1c(-c2cc(OC)c(Cl)c(OC)c2)c2ccc(OCc3ccc4ccccc4n3)cc2c(=O)n1-c1ccc(N)cc1.Cl.Cl. The molecule has 0 atom stereocenters. The van der Waals surface area contributed by atoms with Gasteiger partial charge in [-0.2, -0.15) is 0 Å². The normalized spacial score (nSPS) is 10.6. The number of carbonyl (C=O) groups is 1. The van der Waals surface area contributed by atoms with Crippen molar-refractivity contribution in [2.24, 2.45) is 0 Å². The fraction of sp³-hybridized carbons (Fsp3) is 0.114. The molecular formula is C35H30Cl3N3O6. The molecule has 0 aliphatic rings. The molecule has 2 heterocycles. The lowest BCUT2D eigenvalue weighted by atomic mass is 9.95. The molecule has 0 bridgehead atoms. The minimum atomic E-state index is -0.726. The van der Waals surface area contributed by atoms with E-state index in [0.29, 0.717) is 50.5 Å². The Morgan fingerprint density at radius 1 is 0.851 bits per heavy atom. The van der Waals surface area contributed by atoms with Crippen LogP contribution in [0.1, 0.15) is 16.2 Å². The molecule has 0 aliphatic heterocycles. The fourth-order valence-corrected chi connectivity index (χ4v) is 5.54. The van der Waals surface area contributed by atoms with Crippen LogP contribution in [0.15, 0.2) is 95.8 Å². The molecule has 2 N–H and O–H groups in total. The van der Waals surface area contributed by atoms with Crippen molar-refractivity contribution in [3.8, 4) is 34.1 Å². The molecule has 0 amide bonds. The number of carbonyl (C=O) groups excluding carboxylic acids is 1. The zero-order valence-corrected chi connectivity index (χ0v) is 27.9. The van der Waals surface area contributed by atoms with Crippen LogP contribution in [-0.2, 0) is 11.3 Å². The highest BCUT2D eigenvalue weighted by Gasteiger charge is 2.27. The summed E-state index contributed by atoms with van der Waals surface area (Å²) in [5, 5.41) is 2.07. The molecule has 0 saturated carbocycles. The lowest BCUT2D eigenvalue weighted by Gasteiger charge is -2.20. The summed E-state index contributed by atoms with van der Waals surface area (Å²) in [6, 6.07) is 26.8. The van der Waals surface area contributed by atoms with E-state index in [1.165, 1.54) is 25.9 Å². The number of hydrogen-bond donors (Lipinski definition) is 1. The Hall–Kier alpha value is -4.96. The number of pyridine rings is 2. The van der Waals surface area contributed by atoms with E-state index in [4.69, 9.17) is 36.3 Å². The largest absolute Gasteiger partial charge is 0.495 e. The van der Waals surface area contributed by atoms with Gasteiger partial charge in [0.25, 0.3) is 5.56 Å². The number of methoxy groups -OCH3 is 3.